The zero-order valence-corrected chi connectivity index (χ0v) is 15.2. The first-order valence-corrected chi connectivity index (χ1v) is 8.49. The lowest BCUT2D eigenvalue weighted by atomic mass is 9.82. The molecule has 1 aromatic rings. The third-order valence-electron chi connectivity index (χ3n) is 5.82. The first-order chi connectivity index (χ1) is 10.4. The van der Waals surface area contributed by atoms with E-state index in [-0.39, 0.29) is 35.7 Å². The first-order valence-electron chi connectivity index (χ1n) is 8.49. The number of nitrogens with one attached hydrogen (secondary N) is 1. The number of rotatable bonds is 4. The number of hydrogen-bond acceptors (Lipinski definition) is 2. The normalized spacial score (nSPS) is 29.2. The average Bonchev–Trinajstić information content (AvgIpc) is 3.06. The molecule has 4 unspecified atom stereocenters. The van der Waals surface area contributed by atoms with E-state index in [1.54, 1.807) is 0 Å². The van der Waals surface area contributed by atoms with Gasteiger partial charge in [0.1, 0.15) is 0 Å². The minimum absolute atomic E-state index is 0. The summed E-state index contributed by atoms with van der Waals surface area (Å²) in [6, 6.07) is 8.65. The van der Waals surface area contributed by atoms with Gasteiger partial charge in [0, 0.05) is 18.0 Å². The summed E-state index contributed by atoms with van der Waals surface area (Å²) < 4.78 is 0. The van der Waals surface area contributed by atoms with Crippen LogP contribution in [0.5, 0.6) is 0 Å². The number of aryl methyl sites for hydroxylation is 1. The molecule has 1 amide bonds. The molecule has 3 rings (SSSR count). The molecule has 23 heavy (non-hydrogen) atoms. The van der Waals surface area contributed by atoms with Gasteiger partial charge in [0.05, 0.1) is 5.92 Å². The topological polar surface area (TPSA) is 55.1 Å². The predicted molar refractivity (Wildman–Crippen MR) is 96.8 cm³/mol. The Labute approximate surface area is 145 Å². The van der Waals surface area contributed by atoms with Crippen LogP contribution in [0.3, 0.4) is 0 Å². The summed E-state index contributed by atoms with van der Waals surface area (Å²) in [4.78, 5) is 12.6. The van der Waals surface area contributed by atoms with Crippen LogP contribution < -0.4 is 11.1 Å². The van der Waals surface area contributed by atoms with Crippen molar-refractivity contribution >= 4 is 18.3 Å². The van der Waals surface area contributed by atoms with Gasteiger partial charge >= 0.3 is 0 Å². The SMILES string of the molecule is Cc1ccc(C(C)(C)CNC(=O)C2C3CCC(C3)C2N)cc1.Cl. The summed E-state index contributed by atoms with van der Waals surface area (Å²) in [5.74, 6) is 1.29. The highest BCUT2D eigenvalue weighted by atomic mass is 35.5. The maximum Gasteiger partial charge on any atom is 0.224 e. The third kappa shape index (κ3) is 3.56. The highest BCUT2D eigenvalue weighted by Crippen LogP contribution is 2.47. The smallest absolute Gasteiger partial charge is 0.224 e. The second kappa shape index (κ2) is 6.82. The Balaban J connectivity index is 0.00000192. The van der Waals surface area contributed by atoms with Crippen LogP contribution in [0.4, 0.5) is 0 Å². The van der Waals surface area contributed by atoms with E-state index in [9.17, 15) is 4.79 Å². The number of benzene rings is 1. The Morgan fingerprint density at radius 2 is 1.83 bits per heavy atom. The van der Waals surface area contributed by atoms with Crippen molar-refractivity contribution in [3.63, 3.8) is 0 Å². The molecule has 0 radical (unpaired) electrons. The second-order valence-electron chi connectivity index (χ2n) is 7.90. The molecule has 3 nitrogen and oxygen atoms in total. The minimum atomic E-state index is -0.0644. The summed E-state index contributed by atoms with van der Waals surface area (Å²) >= 11 is 0. The fourth-order valence-corrected chi connectivity index (χ4v) is 4.26. The van der Waals surface area contributed by atoms with E-state index in [2.05, 4.69) is 50.4 Å². The van der Waals surface area contributed by atoms with Crippen molar-refractivity contribution in [3.05, 3.63) is 35.4 Å². The summed E-state index contributed by atoms with van der Waals surface area (Å²) in [5, 5.41) is 3.17. The van der Waals surface area contributed by atoms with E-state index < -0.39 is 0 Å². The summed E-state index contributed by atoms with van der Waals surface area (Å²) in [6.07, 6.45) is 3.54. The number of carbonyl (C=O) groups is 1. The first kappa shape index (κ1) is 18.3. The number of nitrogens with two attached hydrogens (primary N) is 1. The largest absolute Gasteiger partial charge is 0.355 e. The van der Waals surface area contributed by atoms with E-state index in [4.69, 9.17) is 5.73 Å². The van der Waals surface area contributed by atoms with Crippen LogP contribution >= 0.6 is 12.4 Å². The van der Waals surface area contributed by atoms with E-state index in [1.807, 2.05) is 0 Å². The van der Waals surface area contributed by atoms with Gasteiger partial charge in [-0.15, -0.1) is 12.4 Å². The molecule has 0 saturated heterocycles. The van der Waals surface area contributed by atoms with E-state index in [0.717, 1.165) is 6.42 Å². The molecule has 128 valence electrons. The molecule has 2 saturated carbocycles. The van der Waals surface area contributed by atoms with Crippen LogP contribution in [0.1, 0.15) is 44.2 Å². The van der Waals surface area contributed by atoms with Crippen LogP contribution in [-0.2, 0) is 10.2 Å². The molecule has 2 bridgehead atoms. The molecule has 2 fully saturated rings. The van der Waals surface area contributed by atoms with Gasteiger partial charge in [-0.25, -0.2) is 0 Å². The van der Waals surface area contributed by atoms with Crippen molar-refractivity contribution in [2.45, 2.75) is 51.5 Å². The molecule has 4 atom stereocenters. The Kier molecular flexibility index (Phi) is 5.42. The van der Waals surface area contributed by atoms with Crippen LogP contribution in [0.25, 0.3) is 0 Å². The third-order valence-corrected chi connectivity index (χ3v) is 5.82. The minimum Gasteiger partial charge on any atom is -0.355 e. The fourth-order valence-electron chi connectivity index (χ4n) is 4.26. The Morgan fingerprint density at radius 3 is 2.39 bits per heavy atom. The van der Waals surface area contributed by atoms with Gasteiger partial charge in [-0.2, -0.15) is 0 Å². The summed E-state index contributed by atoms with van der Waals surface area (Å²) in [5.41, 5.74) is 8.73. The molecule has 3 N–H and O–H groups in total. The van der Waals surface area contributed by atoms with Crippen LogP contribution in [0, 0.1) is 24.7 Å². The van der Waals surface area contributed by atoms with E-state index in [0.29, 0.717) is 18.4 Å². The van der Waals surface area contributed by atoms with Gasteiger partial charge in [-0.1, -0.05) is 43.7 Å². The van der Waals surface area contributed by atoms with Crippen molar-refractivity contribution in [3.8, 4) is 0 Å². The Bertz CT molecular complexity index is 553. The van der Waals surface area contributed by atoms with Gasteiger partial charge in [0.25, 0.3) is 0 Å². The number of fused-ring (bicyclic) bond motifs is 2. The molecule has 0 heterocycles. The quantitative estimate of drug-likeness (QED) is 0.887. The van der Waals surface area contributed by atoms with E-state index >= 15 is 0 Å². The molecule has 4 heteroatoms. The van der Waals surface area contributed by atoms with Gasteiger partial charge in [-0.05, 0) is 43.6 Å². The molecular formula is C19H29ClN2O. The monoisotopic (exact) mass is 336 g/mol. The molecule has 0 aromatic heterocycles. The zero-order valence-electron chi connectivity index (χ0n) is 14.3. The lowest BCUT2D eigenvalue weighted by Crippen LogP contribution is -2.47. The van der Waals surface area contributed by atoms with Crippen molar-refractivity contribution in [1.82, 2.24) is 5.32 Å². The van der Waals surface area contributed by atoms with Crippen molar-refractivity contribution < 1.29 is 4.79 Å². The predicted octanol–water partition coefficient (Wildman–Crippen LogP) is 3.18. The van der Waals surface area contributed by atoms with Crippen molar-refractivity contribution in [1.29, 1.82) is 0 Å². The lowest BCUT2D eigenvalue weighted by molar-refractivity contribution is -0.127. The molecule has 2 aliphatic rings. The fraction of sp³-hybridized carbons (Fsp3) is 0.632. The van der Waals surface area contributed by atoms with Crippen LogP contribution in [-0.4, -0.2) is 18.5 Å². The van der Waals surface area contributed by atoms with Gasteiger partial charge in [0.2, 0.25) is 5.91 Å². The number of hydrogen-bond donors (Lipinski definition) is 2. The molecular weight excluding hydrogens is 308 g/mol. The number of halogens is 1. The Hall–Kier alpha value is -1.06. The highest BCUT2D eigenvalue weighted by Gasteiger charge is 2.49. The average molecular weight is 337 g/mol. The number of carbonyl (C=O) groups excluding carboxylic acids is 1. The standard InChI is InChI=1S/C19H28N2O.ClH/c1-12-4-8-15(9-5-12)19(2,3)11-21-18(22)16-13-6-7-14(10-13)17(16)20;/h4-5,8-9,13-14,16-17H,6-7,10-11,20H2,1-3H3,(H,21,22);1H. The maximum absolute atomic E-state index is 12.6. The van der Waals surface area contributed by atoms with Gasteiger partial charge in [-0.3, -0.25) is 4.79 Å². The summed E-state index contributed by atoms with van der Waals surface area (Å²) in [7, 11) is 0. The van der Waals surface area contributed by atoms with Crippen molar-refractivity contribution in [2.24, 2.45) is 23.5 Å². The maximum atomic E-state index is 12.6. The molecule has 1 aromatic carbocycles. The zero-order chi connectivity index (χ0) is 15.9. The van der Waals surface area contributed by atoms with Crippen LogP contribution in [0.2, 0.25) is 0 Å². The van der Waals surface area contributed by atoms with Crippen LogP contribution in [0.15, 0.2) is 24.3 Å². The molecule has 0 spiro atoms. The second-order valence-corrected chi connectivity index (χ2v) is 7.90. The van der Waals surface area contributed by atoms with E-state index in [1.165, 1.54) is 24.0 Å². The highest BCUT2D eigenvalue weighted by molar-refractivity contribution is 5.85. The number of amides is 1. The van der Waals surface area contributed by atoms with Crippen molar-refractivity contribution in [2.75, 3.05) is 6.54 Å². The van der Waals surface area contributed by atoms with Gasteiger partial charge < -0.3 is 11.1 Å². The van der Waals surface area contributed by atoms with Gasteiger partial charge in [0.15, 0.2) is 0 Å². The summed E-state index contributed by atoms with van der Waals surface area (Å²) in [6.45, 7) is 7.11. The molecule has 2 aliphatic carbocycles. The Morgan fingerprint density at radius 1 is 1.22 bits per heavy atom. The lowest BCUT2D eigenvalue weighted by Gasteiger charge is -2.30. The molecule has 0 aliphatic heterocycles.